The Balaban J connectivity index is 0.947. The summed E-state index contributed by atoms with van der Waals surface area (Å²) in [5.74, 6) is 1.50. The lowest BCUT2D eigenvalue weighted by Gasteiger charge is -2.63. The lowest BCUT2D eigenvalue weighted by atomic mass is 9.43. The zero-order chi connectivity index (χ0) is 30.1. The molecule has 0 aromatic rings. The summed E-state index contributed by atoms with van der Waals surface area (Å²) < 4.78 is 30.4. The zero-order valence-electron chi connectivity index (χ0n) is 26.7. The Morgan fingerprint density at radius 3 is 2.35 bits per heavy atom. The van der Waals surface area contributed by atoms with Crippen LogP contribution in [0.3, 0.4) is 0 Å². The third-order valence-electron chi connectivity index (χ3n) is 13.8. The number of aliphatic hydroxyl groups excluding tert-OH is 1. The summed E-state index contributed by atoms with van der Waals surface area (Å²) in [5, 5.41) is 22.4. The molecule has 0 unspecified atom stereocenters. The third-order valence-corrected chi connectivity index (χ3v) is 13.8. The van der Waals surface area contributed by atoms with Crippen molar-refractivity contribution in [2.45, 2.75) is 160 Å². The molecule has 8 heteroatoms. The van der Waals surface area contributed by atoms with Gasteiger partial charge in [0.05, 0.1) is 36.1 Å². The number of cyclic esters (lactones) is 1. The summed E-state index contributed by atoms with van der Waals surface area (Å²) in [6.45, 7) is 9.20. The molecule has 242 valence electrons. The molecule has 3 heterocycles. The van der Waals surface area contributed by atoms with Gasteiger partial charge in [0.25, 0.3) is 0 Å². The van der Waals surface area contributed by atoms with E-state index in [4.69, 9.17) is 23.7 Å². The molecule has 2 saturated heterocycles. The van der Waals surface area contributed by atoms with Gasteiger partial charge in [-0.3, -0.25) is 0 Å². The van der Waals surface area contributed by atoms with E-state index in [2.05, 4.69) is 20.8 Å². The van der Waals surface area contributed by atoms with E-state index in [1.54, 1.807) is 6.08 Å². The van der Waals surface area contributed by atoms with E-state index >= 15 is 0 Å². The fraction of sp³-hybridized carbons (Fsp3) is 0.914. The van der Waals surface area contributed by atoms with Crippen LogP contribution in [-0.2, 0) is 28.5 Å². The Hall–Kier alpha value is -1.03. The summed E-state index contributed by atoms with van der Waals surface area (Å²) in [6.07, 6.45) is 13.4. The first kappa shape index (κ1) is 30.6. The zero-order valence-corrected chi connectivity index (χ0v) is 26.7. The van der Waals surface area contributed by atoms with Gasteiger partial charge in [-0.15, -0.1) is 0 Å². The second kappa shape index (κ2) is 11.3. The van der Waals surface area contributed by atoms with E-state index in [1.165, 1.54) is 0 Å². The molecule has 43 heavy (non-hydrogen) atoms. The minimum atomic E-state index is -0.667. The van der Waals surface area contributed by atoms with E-state index in [0.717, 1.165) is 76.2 Å². The van der Waals surface area contributed by atoms with E-state index in [0.29, 0.717) is 37.2 Å². The van der Waals surface area contributed by atoms with Gasteiger partial charge < -0.3 is 33.9 Å². The summed E-state index contributed by atoms with van der Waals surface area (Å²) >= 11 is 0. The predicted octanol–water partition coefficient (Wildman–Crippen LogP) is 5.42. The maximum atomic E-state index is 12.5. The molecular weight excluding hydrogens is 548 g/mol. The van der Waals surface area contributed by atoms with Crippen molar-refractivity contribution in [3.63, 3.8) is 0 Å². The van der Waals surface area contributed by atoms with Crippen molar-refractivity contribution in [1.29, 1.82) is 0 Å². The van der Waals surface area contributed by atoms with Crippen LogP contribution in [0.5, 0.6) is 0 Å². The number of rotatable bonds is 5. The first-order chi connectivity index (χ1) is 20.5. The van der Waals surface area contributed by atoms with Crippen molar-refractivity contribution in [2.75, 3.05) is 6.61 Å². The topological polar surface area (TPSA) is 104 Å². The number of esters is 1. The molecule has 0 spiro atoms. The lowest BCUT2D eigenvalue weighted by molar-refractivity contribution is -0.291. The van der Waals surface area contributed by atoms with Crippen molar-refractivity contribution < 1.29 is 38.7 Å². The van der Waals surface area contributed by atoms with Crippen LogP contribution in [0, 0.1) is 34.5 Å². The normalized spacial score (nSPS) is 53.4. The maximum absolute atomic E-state index is 12.5. The molecular formula is C35H54O8. The van der Waals surface area contributed by atoms with E-state index in [9.17, 15) is 15.0 Å². The van der Waals surface area contributed by atoms with Crippen molar-refractivity contribution >= 4 is 5.97 Å². The highest BCUT2D eigenvalue weighted by atomic mass is 16.7. The Labute approximate surface area is 257 Å². The van der Waals surface area contributed by atoms with Gasteiger partial charge in [0.15, 0.2) is 12.6 Å². The predicted molar refractivity (Wildman–Crippen MR) is 159 cm³/mol. The lowest BCUT2D eigenvalue weighted by Crippen LogP contribution is -2.62. The van der Waals surface area contributed by atoms with Gasteiger partial charge in [-0.25, -0.2) is 4.79 Å². The van der Waals surface area contributed by atoms with Crippen LogP contribution in [0.15, 0.2) is 11.6 Å². The molecule has 2 N–H and O–H groups in total. The molecule has 7 rings (SSSR count). The van der Waals surface area contributed by atoms with Gasteiger partial charge in [-0.05, 0) is 119 Å². The SMILES string of the molecule is C[C@@H]1O[C@@H](O[C@@H]2CC[C@H](O[C@H]3CC[C@@]4(C)[C@H](CC[C@@H]5[C@@H]4CC[C@]4(C)[C@@H](C6=CC(=O)OC6)CC[C@]54O)C3)O[C@H]2C)CC[C@H]1O. The van der Waals surface area contributed by atoms with Crippen LogP contribution in [0.2, 0.25) is 0 Å². The summed E-state index contributed by atoms with van der Waals surface area (Å²) in [5.41, 5.74) is 0.484. The number of aliphatic hydroxyl groups is 2. The van der Waals surface area contributed by atoms with E-state index < -0.39 is 11.7 Å². The number of carbonyl (C=O) groups excluding carboxylic acids is 1. The molecule has 4 saturated carbocycles. The maximum Gasteiger partial charge on any atom is 0.331 e. The molecule has 8 nitrogen and oxygen atoms in total. The van der Waals surface area contributed by atoms with Crippen LogP contribution in [-0.4, -0.2) is 71.5 Å². The molecule has 0 aromatic heterocycles. The highest BCUT2D eigenvalue weighted by Gasteiger charge is 2.67. The highest BCUT2D eigenvalue weighted by molar-refractivity contribution is 5.85. The van der Waals surface area contributed by atoms with Crippen LogP contribution in [0.25, 0.3) is 0 Å². The van der Waals surface area contributed by atoms with Crippen molar-refractivity contribution in [3.05, 3.63) is 11.6 Å². The first-order valence-corrected chi connectivity index (χ1v) is 17.4. The highest BCUT2D eigenvalue weighted by Crippen LogP contribution is 2.70. The molecule has 7 aliphatic rings. The molecule has 4 aliphatic carbocycles. The Kier molecular flexibility index (Phi) is 8.07. The molecule has 0 bridgehead atoms. The smallest absolute Gasteiger partial charge is 0.331 e. The standard InChI is InChI=1S/C35H54O8/c1-20-28(36)7-9-32(40-20)43-29-8-10-31(41-21(29)2)42-24-11-14-33(3)23(18-24)5-6-27-26(33)12-15-34(4)25(13-16-35(27,34)38)22-17-30(37)39-19-22/h17,20-21,23-29,31-32,36,38H,5-16,18-19H2,1-4H3/t20-,21-,23+,24-,25+,26-,27+,28+,29+,31-,32-,33-,34+,35-/m0/s1. The summed E-state index contributed by atoms with van der Waals surface area (Å²) in [4.78, 5) is 11.9. The minimum Gasteiger partial charge on any atom is -0.458 e. The second-order valence-electron chi connectivity index (χ2n) is 15.8. The van der Waals surface area contributed by atoms with Gasteiger partial charge in [0.2, 0.25) is 0 Å². The molecule has 14 atom stereocenters. The van der Waals surface area contributed by atoms with Crippen LogP contribution < -0.4 is 0 Å². The van der Waals surface area contributed by atoms with Crippen LogP contribution >= 0.6 is 0 Å². The first-order valence-electron chi connectivity index (χ1n) is 17.4. The largest absolute Gasteiger partial charge is 0.458 e. The summed E-state index contributed by atoms with van der Waals surface area (Å²) in [7, 11) is 0. The van der Waals surface area contributed by atoms with E-state index in [-0.39, 0.29) is 59.7 Å². The molecule has 0 aromatic carbocycles. The number of carbonyl (C=O) groups is 1. The Morgan fingerprint density at radius 2 is 1.60 bits per heavy atom. The fourth-order valence-corrected chi connectivity index (χ4v) is 11.2. The third kappa shape index (κ3) is 5.14. The summed E-state index contributed by atoms with van der Waals surface area (Å²) in [6, 6.07) is 0. The number of hydrogen-bond acceptors (Lipinski definition) is 8. The molecule has 6 fully saturated rings. The fourth-order valence-electron chi connectivity index (χ4n) is 11.2. The van der Waals surface area contributed by atoms with Gasteiger partial charge >= 0.3 is 5.97 Å². The van der Waals surface area contributed by atoms with Crippen molar-refractivity contribution in [1.82, 2.24) is 0 Å². The van der Waals surface area contributed by atoms with Crippen LogP contribution in [0.4, 0.5) is 0 Å². The second-order valence-corrected chi connectivity index (χ2v) is 15.8. The van der Waals surface area contributed by atoms with Gasteiger partial charge in [0.1, 0.15) is 6.61 Å². The van der Waals surface area contributed by atoms with Crippen molar-refractivity contribution in [3.8, 4) is 0 Å². The average molecular weight is 603 g/mol. The minimum absolute atomic E-state index is 0.0202. The molecule has 0 radical (unpaired) electrons. The van der Waals surface area contributed by atoms with Crippen molar-refractivity contribution in [2.24, 2.45) is 34.5 Å². The quantitative estimate of drug-likeness (QED) is 0.318. The Bertz CT molecular complexity index is 1090. The number of ether oxygens (including phenoxy) is 5. The van der Waals surface area contributed by atoms with E-state index in [1.807, 2.05) is 6.92 Å². The van der Waals surface area contributed by atoms with Crippen LogP contribution in [0.1, 0.15) is 111 Å². The molecule has 0 amide bonds. The number of fused-ring (bicyclic) bond motifs is 5. The van der Waals surface area contributed by atoms with Gasteiger partial charge in [-0.1, -0.05) is 13.8 Å². The monoisotopic (exact) mass is 602 g/mol. The Morgan fingerprint density at radius 1 is 0.837 bits per heavy atom. The van der Waals surface area contributed by atoms with Gasteiger partial charge in [-0.2, -0.15) is 0 Å². The van der Waals surface area contributed by atoms with Gasteiger partial charge in [0, 0.05) is 24.3 Å². The average Bonchev–Trinajstić information content (AvgIpc) is 3.52. The number of hydrogen-bond donors (Lipinski definition) is 2. The molecule has 3 aliphatic heterocycles.